The Bertz CT molecular complexity index is 445. The highest BCUT2D eigenvalue weighted by Gasteiger charge is 2.37. The summed E-state index contributed by atoms with van der Waals surface area (Å²) in [6.07, 6.45) is 5.46. The van der Waals surface area contributed by atoms with Crippen molar-refractivity contribution in [3.05, 3.63) is 29.8 Å². The van der Waals surface area contributed by atoms with Gasteiger partial charge in [-0.05, 0) is 68.8 Å². The molecule has 2 saturated heterocycles. The molecule has 3 rings (SSSR count). The first-order valence-electron chi connectivity index (χ1n) is 8.31. The minimum Gasteiger partial charge on any atom is -0.497 e. The second-order valence-electron chi connectivity index (χ2n) is 6.80. The van der Waals surface area contributed by atoms with Gasteiger partial charge in [-0.3, -0.25) is 4.90 Å². The van der Waals surface area contributed by atoms with Crippen molar-refractivity contribution in [2.24, 2.45) is 5.41 Å². The quantitative estimate of drug-likeness (QED) is 0.924. The van der Waals surface area contributed by atoms with Crippen molar-refractivity contribution in [2.45, 2.75) is 38.6 Å². The minimum absolute atomic E-state index is 0.495. The summed E-state index contributed by atoms with van der Waals surface area (Å²) in [6.45, 7) is 7.23. The Balaban J connectivity index is 1.69. The number of hydrogen-bond donors (Lipinski definition) is 1. The summed E-state index contributed by atoms with van der Waals surface area (Å²) in [5.74, 6) is 0.942. The Morgan fingerprint density at radius 1 is 1.19 bits per heavy atom. The Kier molecular flexibility index (Phi) is 4.51. The van der Waals surface area contributed by atoms with E-state index in [0.717, 1.165) is 5.75 Å². The van der Waals surface area contributed by atoms with E-state index in [1.807, 2.05) is 0 Å². The Hall–Kier alpha value is -1.06. The average molecular weight is 288 g/mol. The lowest BCUT2D eigenvalue weighted by atomic mass is 9.74. The van der Waals surface area contributed by atoms with Crippen molar-refractivity contribution < 1.29 is 4.74 Å². The molecule has 1 spiro atoms. The largest absolute Gasteiger partial charge is 0.497 e. The maximum Gasteiger partial charge on any atom is 0.118 e. The number of methoxy groups -OCH3 is 1. The van der Waals surface area contributed by atoms with E-state index in [4.69, 9.17) is 4.74 Å². The first-order chi connectivity index (χ1) is 10.2. The molecule has 0 aliphatic carbocycles. The summed E-state index contributed by atoms with van der Waals surface area (Å²) in [4.78, 5) is 2.68. The molecular weight excluding hydrogens is 260 g/mol. The van der Waals surface area contributed by atoms with Gasteiger partial charge < -0.3 is 10.1 Å². The van der Waals surface area contributed by atoms with Crippen molar-refractivity contribution in [1.29, 1.82) is 0 Å². The smallest absolute Gasteiger partial charge is 0.118 e. The average Bonchev–Trinajstić information content (AvgIpc) is 2.55. The van der Waals surface area contributed by atoms with Crippen LogP contribution in [0.2, 0.25) is 0 Å². The van der Waals surface area contributed by atoms with Crippen molar-refractivity contribution in [3.8, 4) is 5.75 Å². The molecule has 0 aromatic heterocycles. The maximum atomic E-state index is 5.26. The molecule has 2 heterocycles. The van der Waals surface area contributed by atoms with Gasteiger partial charge in [-0.2, -0.15) is 0 Å². The topological polar surface area (TPSA) is 24.5 Å². The van der Waals surface area contributed by atoms with Gasteiger partial charge in [0.15, 0.2) is 0 Å². The highest BCUT2D eigenvalue weighted by Crippen LogP contribution is 2.38. The molecule has 2 fully saturated rings. The van der Waals surface area contributed by atoms with Crippen LogP contribution in [-0.4, -0.2) is 38.2 Å². The van der Waals surface area contributed by atoms with Gasteiger partial charge in [0, 0.05) is 19.1 Å². The number of rotatable bonds is 3. The summed E-state index contributed by atoms with van der Waals surface area (Å²) in [6, 6.07) is 9.07. The minimum atomic E-state index is 0.495. The molecule has 21 heavy (non-hydrogen) atoms. The summed E-state index contributed by atoms with van der Waals surface area (Å²) in [5, 5.41) is 3.62. The van der Waals surface area contributed by atoms with E-state index in [9.17, 15) is 0 Å². The number of piperidine rings is 2. The molecule has 116 valence electrons. The lowest BCUT2D eigenvalue weighted by molar-refractivity contribution is 0.0416. The first-order valence-corrected chi connectivity index (χ1v) is 8.31. The van der Waals surface area contributed by atoms with Crippen LogP contribution >= 0.6 is 0 Å². The van der Waals surface area contributed by atoms with Crippen LogP contribution in [-0.2, 0) is 0 Å². The van der Waals surface area contributed by atoms with E-state index in [1.54, 1.807) is 7.11 Å². The second-order valence-corrected chi connectivity index (χ2v) is 6.80. The van der Waals surface area contributed by atoms with Crippen molar-refractivity contribution in [1.82, 2.24) is 10.2 Å². The molecule has 2 atom stereocenters. The van der Waals surface area contributed by atoms with Crippen LogP contribution in [0.5, 0.6) is 5.75 Å². The van der Waals surface area contributed by atoms with Gasteiger partial charge in [0.05, 0.1) is 7.11 Å². The van der Waals surface area contributed by atoms with Crippen LogP contribution < -0.4 is 10.1 Å². The number of likely N-dealkylation sites (tertiary alicyclic amines) is 1. The van der Waals surface area contributed by atoms with Crippen LogP contribution in [0.4, 0.5) is 0 Å². The van der Waals surface area contributed by atoms with Crippen LogP contribution in [0, 0.1) is 5.41 Å². The third-order valence-electron chi connectivity index (χ3n) is 5.40. The van der Waals surface area contributed by atoms with Crippen LogP contribution in [0.25, 0.3) is 0 Å². The number of ether oxygens (including phenoxy) is 1. The fourth-order valence-electron chi connectivity index (χ4n) is 4.05. The molecule has 2 aliphatic rings. The summed E-state index contributed by atoms with van der Waals surface area (Å²) >= 11 is 0. The Labute approximate surface area is 128 Å². The highest BCUT2D eigenvalue weighted by molar-refractivity contribution is 5.29. The monoisotopic (exact) mass is 288 g/mol. The molecule has 3 nitrogen and oxygen atoms in total. The standard InChI is InChI=1S/C18H28N2O/c1-15(16-5-7-17(21-2)8-6-16)20-12-4-10-18(14-20)9-3-11-19-13-18/h5-8,15,19H,3-4,9-14H2,1-2H3. The van der Waals surface area contributed by atoms with Gasteiger partial charge in [0.1, 0.15) is 5.75 Å². The SMILES string of the molecule is COc1ccc(C(C)N2CCCC3(CCCNC3)C2)cc1. The van der Waals surface area contributed by atoms with E-state index in [-0.39, 0.29) is 0 Å². The first kappa shape index (κ1) is 14.9. The zero-order valence-corrected chi connectivity index (χ0v) is 13.4. The fraction of sp³-hybridized carbons (Fsp3) is 0.667. The third-order valence-corrected chi connectivity index (χ3v) is 5.40. The fourth-order valence-corrected chi connectivity index (χ4v) is 4.05. The second kappa shape index (κ2) is 6.37. The molecule has 0 radical (unpaired) electrons. The molecule has 0 saturated carbocycles. The van der Waals surface area contributed by atoms with Crippen molar-refractivity contribution in [3.63, 3.8) is 0 Å². The molecule has 1 aromatic rings. The Morgan fingerprint density at radius 3 is 2.62 bits per heavy atom. The molecule has 0 amide bonds. The molecule has 2 aliphatic heterocycles. The molecule has 3 heteroatoms. The van der Waals surface area contributed by atoms with Gasteiger partial charge in [0.2, 0.25) is 0 Å². The van der Waals surface area contributed by atoms with Gasteiger partial charge >= 0.3 is 0 Å². The summed E-state index contributed by atoms with van der Waals surface area (Å²) < 4.78 is 5.26. The highest BCUT2D eigenvalue weighted by atomic mass is 16.5. The number of benzene rings is 1. The summed E-state index contributed by atoms with van der Waals surface area (Å²) in [7, 11) is 1.73. The lowest BCUT2D eigenvalue weighted by Gasteiger charge is -2.47. The maximum absolute atomic E-state index is 5.26. The molecular formula is C18H28N2O. The number of hydrogen-bond acceptors (Lipinski definition) is 3. The zero-order chi connectivity index (χ0) is 14.7. The van der Waals surface area contributed by atoms with E-state index in [1.165, 1.54) is 57.4 Å². The molecule has 1 N–H and O–H groups in total. The van der Waals surface area contributed by atoms with Crippen molar-refractivity contribution >= 4 is 0 Å². The van der Waals surface area contributed by atoms with Gasteiger partial charge in [-0.15, -0.1) is 0 Å². The van der Waals surface area contributed by atoms with E-state index in [2.05, 4.69) is 41.4 Å². The van der Waals surface area contributed by atoms with Gasteiger partial charge in [-0.25, -0.2) is 0 Å². The predicted molar refractivity (Wildman–Crippen MR) is 86.8 cm³/mol. The molecule has 1 aromatic carbocycles. The Morgan fingerprint density at radius 2 is 1.95 bits per heavy atom. The number of nitrogens with zero attached hydrogens (tertiary/aromatic N) is 1. The van der Waals surface area contributed by atoms with Crippen molar-refractivity contribution in [2.75, 3.05) is 33.3 Å². The molecule has 0 bridgehead atoms. The van der Waals surface area contributed by atoms with Crippen LogP contribution in [0.1, 0.15) is 44.2 Å². The number of nitrogens with one attached hydrogen (secondary N) is 1. The summed E-state index contributed by atoms with van der Waals surface area (Å²) in [5.41, 5.74) is 1.92. The van der Waals surface area contributed by atoms with Gasteiger partial charge in [0.25, 0.3) is 0 Å². The lowest BCUT2D eigenvalue weighted by Crippen LogP contribution is -2.51. The predicted octanol–water partition coefficient (Wildman–Crippen LogP) is 3.22. The normalized spacial score (nSPS) is 28.5. The van der Waals surface area contributed by atoms with E-state index >= 15 is 0 Å². The van der Waals surface area contributed by atoms with Crippen LogP contribution in [0.15, 0.2) is 24.3 Å². The van der Waals surface area contributed by atoms with E-state index < -0.39 is 0 Å². The third kappa shape index (κ3) is 3.24. The zero-order valence-electron chi connectivity index (χ0n) is 13.4. The van der Waals surface area contributed by atoms with Gasteiger partial charge in [-0.1, -0.05) is 12.1 Å². The molecule has 2 unspecified atom stereocenters. The van der Waals surface area contributed by atoms with E-state index in [0.29, 0.717) is 11.5 Å². The van der Waals surface area contributed by atoms with Crippen LogP contribution in [0.3, 0.4) is 0 Å².